The van der Waals surface area contributed by atoms with Gasteiger partial charge in [0.2, 0.25) is 5.89 Å². The standard InChI is InChI=1S/C19H36N6O2/c1-14(2)18-23-17(27-24-18)6-9-21-19(20-5)22-16-7-10-25(11-8-16)12-13-26-15(3)4/h14-16H,6-13H2,1-5H3,(H2,20,21,22). The highest BCUT2D eigenvalue weighted by Gasteiger charge is 2.20. The molecule has 2 N–H and O–H groups in total. The van der Waals surface area contributed by atoms with Gasteiger partial charge in [-0.15, -0.1) is 0 Å². The zero-order valence-electron chi connectivity index (χ0n) is 17.5. The van der Waals surface area contributed by atoms with Gasteiger partial charge < -0.3 is 24.8 Å². The maximum absolute atomic E-state index is 5.64. The van der Waals surface area contributed by atoms with E-state index in [-0.39, 0.29) is 5.92 Å². The molecule has 8 heteroatoms. The fourth-order valence-electron chi connectivity index (χ4n) is 3.00. The van der Waals surface area contributed by atoms with E-state index in [0.717, 1.165) is 50.9 Å². The molecular weight excluding hydrogens is 344 g/mol. The molecule has 0 saturated carbocycles. The van der Waals surface area contributed by atoms with Gasteiger partial charge in [0.05, 0.1) is 12.7 Å². The molecule has 1 fully saturated rings. The predicted molar refractivity (Wildman–Crippen MR) is 107 cm³/mol. The summed E-state index contributed by atoms with van der Waals surface area (Å²) in [6, 6.07) is 0.453. The maximum Gasteiger partial charge on any atom is 0.228 e. The largest absolute Gasteiger partial charge is 0.377 e. The molecule has 0 atom stereocenters. The summed E-state index contributed by atoms with van der Waals surface area (Å²) in [6.45, 7) is 13.0. The Bertz CT molecular complexity index is 564. The first kappa shape index (κ1) is 21.6. The summed E-state index contributed by atoms with van der Waals surface area (Å²) in [4.78, 5) is 11.2. The van der Waals surface area contributed by atoms with Crippen LogP contribution in [0.15, 0.2) is 9.52 Å². The summed E-state index contributed by atoms with van der Waals surface area (Å²) in [6.07, 6.45) is 3.23. The van der Waals surface area contributed by atoms with Crippen LogP contribution in [0.5, 0.6) is 0 Å². The SMILES string of the molecule is CN=C(NCCc1nc(C(C)C)no1)NC1CCN(CCOC(C)C)CC1. The zero-order valence-corrected chi connectivity index (χ0v) is 17.5. The number of nitrogens with one attached hydrogen (secondary N) is 2. The van der Waals surface area contributed by atoms with Gasteiger partial charge >= 0.3 is 0 Å². The van der Waals surface area contributed by atoms with Crippen LogP contribution in [0.4, 0.5) is 0 Å². The van der Waals surface area contributed by atoms with Crippen molar-refractivity contribution in [1.29, 1.82) is 0 Å². The lowest BCUT2D eigenvalue weighted by molar-refractivity contribution is 0.0532. The zero-order chi connectivity index (χ0) is 19.6. The Hall–Kier alpha value is -1.67. The van der Waals surface area contributed by atoms with Crippen molar-refractivity contribution in [3.63, 3.8) is 0 Å². The quantitative estimate of drug-likeness (QED) is 0.499. The molecule has 1 aliphatic rings. The third kappa shape index (κ3) is 7.84. The molecule has 0 bridgehead atoms. The Labute approximate surface area is 163 Å². The molecule has 1 aromatic heterocycles. The average molecular weight is 381 g/mol. The van der Waals surface area contributed by atoms with Crippen LogP contribution in [-0.2, 0) is 11.2 Å². The van der Waals surface area contributed by atoms with Gasteiger partial charge in [-0.25, -0.2) is 0 Å². The molecule has 2 rings (SSSR count). The number of guanidine groups is 1. The fourth-order valence-corrected chi connectivity index (χ4v) is 3.00. The summed E-state index contributed by atoms with van der Waals surface area (Å²) >= 11 is 0. The van der Waals surface area contributed by atoms with Gasteiger partial charge in [-0.3, -0.25) is 4.99 Å². The lowest BCUT2D eigenvalue weighted by Gasteiger charge is -2.33. The van der Waals surface area contributed by atoms with E-state index in [1.54, 1.807) is 7.05 Å². The molecule has 8 nitrogen and oxygen atoms in total. The first-order valence-electron chi connectivity index (χ1n) is 10.1. The number of nitrogens with zero attached hydrogens (tertiary/aromatic N) is 4. The Morgan fingerprint density at radius 2 is 2.04 bits per heavy atom. The molecule has 1 saturated heterocycles. The van der Waals surface area contributed by atoms with Crippen molar-refractivity contribution in [2.45, 2.75) is 65.0 Å². The molecule has 0 amide bonds. The van der Waals surface area contributed by atoms with Gasteiger partial charge in [-0.1, -0.05) is 19.0 Å². The number of hydrogen-bond acceptors (Lipinski definition) is 6. The second-order valence-electron chi connectivity index (χ2n) is 7.63. The van der Waals surface area contributed by atoms with Gasteiger partial charge in [0.1, 0.15) is 0 Å². The minimum Gasteiger partial charge on any atom is -0.377 e. The van der Waals surface area contributed by atoms with Crippen LogP contribution in [0.2, 0.25) is 0 Å². The van der Waals surface area contributed by atoms with Crippen LogP contribution >= 0.6 is 0 Å². The Kier molecular flexibility index (Phi) is 9.00. The van der Waals surface area contributed by atoms with E-state index in [0.29, 0.717) is 31.0 Å². The van der Waals surface area contributed by atoms with E-state index in [2.05, 4.69) is 58.4 Å². The van der Waals surface area contributed by atoms with Crippen LogP contribution < -0.4 is 10.6 Å². The number of likely N-dealkylation sites (tertiary alicyclic amines) is 1. The highest BCUT2D eigenvalue weighted by Crippen LogP contribution is 2.11. The minimum atomic E-state index is 0.285. The molecule has 0 aromatic carbocycles. The van der Waals surface area contributed by atoms with E-state index < -0.39 is 0 Å². The van der Waals surface area contributed by atoms with E-state index in [4.69, 9.17) is 9.26 Å². The summed E-state index contributed by atoms with van der Waals surface area (Å²) in [5.74, 6) is 2.55. The monoisotopic (exact) mass is 380 g/mol. The minimum absolute atomic E-state index is 0.285. The van der Waals surface area contributed by atoms with Crippen molar-refractivity contribution in [3.8, 4) is 0 Å². The highest BCUT2D eigenvalue weighted by atomic mass is 16.5. The molecule has 1 aromatic rings. The van der Waals surface area contributed by atoms with Crippen molar-refractivity contribution < 1.29 is 9.26 Å². The smallest absolute Gasteiger partial charge is 0.228 e. The van der Waals surface area contributed by atoms with Gasteiger partial charge in [0.15, 0.2) is 11.8 Å². The molecule has 2 heterocycles. The summed E-state index contributed by atoms with van der Waals surface area (Å²) < 4.78 is 10.9. The van der Waals surface area contributed by atoms with Crippen molar-refractivity contribution >= 4 is 5.96 Å². The van der Waals surface area contributed by atoms with Crippen molar-refractivity contribution in [3.05, 3.63) is 11.7 Å². The summed E-state index contributed by atoms with van der Waals surface area (Å²) in [5, 5.41) is 10.9. The predicted octanol–water partition coefficient (Wildman–Crippen LogP) is 1.79. The molecule has 154 valence electrons. The molecule has 1 aliphatic heterocycles. The Morgan fingerprint density at radius 1 is 1.30 bits per heavy atom. The van der Waals surface area contributed by atoms with Gasteiger partial charge in [-0.2, -0.15) is 4.98 Å². The molecule has 0 aliphatic carbocycles. The summed E-state index contributed by atoms with van der Waals surface area (Å²) in [7, 11) is 1.80. The normalized spacial score (nSPS) is 17.1. The first-order valence-corrected chi connectivity index (χ1v) is 10.1. The summed E-state index contributed by atoms with van der Waals surface area (Å²) in [5.41, 5.74) is 0. The van der Waals surface area contributed by atoms with Crippen LogP contribution in [0.1, 0.15) is 58.2 Å². The van der Waals surface area contributed by atoms with Gasteiger partial charge in [0.25, 0.3) is 0 Å². The Morgan fingerprint density at radius 3 is 2.63 bits per heavy atom. The second kappa shape index (κ2) is 11.2. The molecule has 0 unspecified atom stereocenters. The first-order chi connectivity index (χ1) is 13.0. The van der Waals surface area contributed by atoms with Crippen LogP contribution in [0.3, 0.4) is 0 Å². The lowest BCUT2D eigenvalue weighted by atomic mass is 10.1. The highest BCUT2D eigenvalue weighted by molar-refractivity contribution is 5.79. The molecule has 0 spiro atoms. The van der Waals surface area contributed by atoms with Crippen LogP contribution in [-0.4, -0.2) is 73.0 Å². The van der Waals surface area contributed by atoms with E-state index in [1.165, 1.54) is 0 Å². The van der Waals surface area contributed by atoms with E-state index >= 15 is 0 Å². The second-order valence-corrected chi connectivity index (χ2v) is 7.63. The third-order valence-electron chi connectivity index (χ3n) is 4.64. The number of aromatic nitrogens is 2. The number of ether oxygens (including phenoxy) is 1. The van der Waals surface area contributed by atoms with Gasteiger partial charge in [-0.05, 0) is 26.7 Å². The fraction of sp³-hybridized carbons (Fsp3) is 0.842. The van der Waals surface area contributed by atoms with Gasteiger partial charge in [0, 0.05) is 51.6 Å². The van der Waals surface area contributed by atoms with Crippen molar-refractivity contribution in [2.75, 3.05) is 39.8 Å². The molecular formula is C19H36N6O2. The van der Waals surface area contributed by atoms with E-state index in [1.807, 2.05) is 0 Å². The van der Waals surface area contributed by atoms with E-state index in [9.17, 15) is 0 Å². The van der Waals surface area contributed by atoms with Crippen molar-refractivity contribution in [2.24, 2.45) is 4.99 Å². The Balaban J connectivity index is 1.64. The number of hydrogen-bond donors (Lipinski definition) is 2. The topological polar surface area (TPSA) is 87.8 Å². The number of aliphatic imine (C=N–C) groups is 1. The third-order valence-corrected chi connectivity index (χ3v) is 4.64. The number of rotatable bonds is 9. The van der Waals surface area contributed by atoms with Crippen molar-refractivity contribution in [1.82, 2.24) is 25.7 Å². The lowest BCUT2D eigenvalue weighted by Crippen LogP contribution is -2.49. The van der Waals surface area contributed by atoms with Crippen LogP contribution in [0.25, 0.3) is 0 Å². The van der Waals surface area contributed by atoms with Crippen LogP contribution in [0, 0.1) is 0 Å². The maximum atomic E-state index is 5.64. The average Bonchev–Trinajstić information content (AvgIpc) is 3.11. The molecule has 0 radical (unpaired) electrons. The molecule has 27 heavy (non-hydrogen) atoms. The number of piperidine rings is 1.